The molecular weight excluding hydrogens is 328 g/mol. The number of hydrogen-bond donors (Lipinski definition) is 2. The summed E-state index contributed by atoms with van der Waals surface area (Å²) in [5, 5.41) is 7.15. The van der Waals surface area contributed by atoms with Crippen LogP contribution >= 0.6 is 0 Å². The molecule has 0 aliphatic carbocycles. The van der Waals surface area contributed by atoms with Crippen molar-refractivity contribution in [3.05, 3.63) is 24.2 Å². The molecule has 3 rings (SSSR count). The van der Waals surface area contributed by atoms with Crippen molar-refractivity contribution in [2.45, 2.75) is 45.1 Å². The van der Waals surface area contributed by atoms with Gasteiger partial charge < -0.3 is 24.7 Å². The van der Waals surface area contributed by atoms with E-state index in [1.54, 1.807) is 6.26 Å². The summed E-state index contributed by atoms with van der Waals surface area (Å²) < 4.78 is 10.9. The topological polar surface area (TPSA) is 62.0 Å². The van der Waals surface area contributed by atoms with E-state index in [1.165, 1.54) is 38.9 Å². The van der Waals surface area contributed by atoms with Crippen LogP contribution in [0.5, 0.6) is 0 Å². The zero-order valence-electron chi connectivity index (χ0n) is 16.1. The summed E-state index contributed by atoms with van der Waals surface area (Å²) in [6.45, 7) is 9.23. The summed E-state index contributed by atoms with van der Waals surface area (Å²) >= 11 is 0. The maximum absolute atomic E-state index is 5.48. The summed E-state index contributed by atoms with van der Waals surface area (Å²) in [4.78, 5) is 7.41. The van der Waals surface area contributed by atoms with E-state index >= 15 is 0 Å². The van der Waals surface area contributed by atoms with Crippen LogP contribution in [0.25, 0.3) is 0 Å². The predicted octanol–water partition coefficient (Wildman–Crippen LogP) is 2.27. The first-order chi connectivity index (χ1) is 12.8. The Morgan fingerprint density at radius 3 is 2.88 bits per heavy atom. The lowest BCUT2D eigenvalue weighted by molar-refractivity contribution is 0.187. The van der Waals surface area contributed by atoms with E-state index < -0.39 is 0 Å². The minimum absolute atomic E-state index is 0.512. The molecule has 2 saturated heterocycles. The first-order valence-electron chi connectivity index (χ1n) is 10.2. The molecule has 0 aromatic carbocycles. The van der Waals surface area contributed by atoms with Crippen LogP contribution in [0, 0.1) is 5.92 Å². The number of rotatable bonds is 8. The monoisotopic (exact) mass is 362 g/mol. The zero-order chi connectivity index (χ0) is 18.0. The summed E-state index contributed by atoms with van der Waals surface area (Å²) in [7, 11) is 0. The Morgan fingerprint density at radius 2 is 2.19 bits per heavy atom. The van der Waals surface area contributed by atoms with Crippen LogP contribution in [0.2, 0.25) is 0 Å². The van der Waals surface area contributed by atoms with Crippen molar-refractivity contribution >= 4 is 5.96 Å². The highest BCUT2D eigenvalue weighted by atomic mass is 16.5. The van der Waals surface area contributed by atoms with Gasteiger partial charge in [0.2, 0.25) is 0 Å². The van der Waals surface area contributed by atoms with Gasteiger partial charge in [-0.2, -0.15) is 0 Å². The number of nitrogens with zero attached hydrogens (tertiary/aromatic N) is 2. The minimum atomic E-state index is 0.512. The SMILES string of the molecule is CCCN1CCC(NC(=NCC2CCOC2)NCCc2ccco2)CC1. The fraction of sp³-hybridized carbons (Fsp3) is 0.750. The normalized spacial score (nSPS) is 22.7. The van der Waals surface area contributed by atoms with Crippen LogP contribution in [0.3, 0.4) is 0 Å². The molecular formula is C20H34N4O2. The van der Waals surface area contributed by atoms with E-state index in [1.807, 2.05) is 12.1 Å². The molecule has 2 N–H and O–H groups in total. The standard InChI is InChI=1S/C20H34N4O2/c1-2-10-24-11-6-18(7-12-24)23-20(22-15-17-8-14-25-16-17)21-9-5-19-4-3-13-26-19/h3-4,13,17-18H,2,5-12,14-16H2,1H3,(H2,21,22,23). The zero-order valence-corrected chi connectivity index (χ0v) is 16.1. The van der Waals surface area contributed by atoms with Crippen molar-refractivity contribution in [1.82, 2.24) is 15.5 Å². The Balaban J connectivity index is 1.47. The summed E-state index contributed by atoms with van der Waals surface area (Å²) in [6, 6.07) is 4.47. The maximum Gasteiger partial charge on any atom is 0.191 e. The third-order valence-corrected chi connectivity index (χ3v) is 5.24. The van der Waals surface area contributed by atoms with Crippen LogP contribution in [0.4, 0.5) is 0 Å². The van der Waals surface area contributed by atoms with Crippen LogP contribution in [0.1, 0.15) is 38.4 Å². The van der Waals surface area contributed by atoms with Gasteiger partial charge in [0.25, 0.3) is 0 Å². The Labute approximate surface area is 157 Å². The largest absolute Gasteiger partial charge is 0.469 e. The van der Waals surface area contributed by atoms with Crippen LogP contribution in [-0.2, 0) is 11.2 Å². The molecule has 0 bridgehead atoms. The molecule has 0 amide bonds. The van der Waals surface area contributed by atoms with Gasteiger partial charge in [0.05, 0.1) is 12.9 Å². The van der Waals surface area contributed by atoms with Crippen LogP contribution < -0.4 is 10.6 Å². The van der Waals surface area contributed by atoms with E-state index in [9.17, 15) is 0 Å². The molecule has 0 saturated carbocycles. The van der Waals surface area contributed by atoms with Gasteiger partial charge in [-0.1, -0.05) is 6.92 Å². The fourth-order valence-electron chi connectivity index (χ4n) is 3.67. The third-order valence-electron chi connectivity index (χ3n) is 5.24. The van der Waals surface area contributed by atoms with Crippen LogP contribution in [-0.4, -0.2) is 62.8 Å². The van der Waals surface area contributed by atoms with Gasteiger partial charge in [-0.05, 0) is 44.4 Å². The number of guanidine groups is 1. The van der Waals surface area contributed by atoms with E-state index in [4.69, 9.17) is 14.1 Å². The second-order valence-corrected chi connectivity index (χ2v) is 7.44. The third kappa shape index (κ3) is 6.32. The molecule has 3 heterocycles. The number of ether oxygens (including phenoxy) is 1. The molecule has 146 valence electrons. The van der Waals surface area contributed by atoms with Gasteiger partial charge in [0.15, 0.2) is 5.96 Å². The molecule has 2 fully saturated rings. The number of likely N-dealkylation sites (tertiary alicyclic amines) is 1. The molecule has 0 spiro atoms. The van der Waals surface area contributed by atoms with E-state index in [0.717, 1.165) is 50.9 Å². The van der Waals surface area contributed by atoms with E-state index in [-0.39, 0.29) is 0 Å². The molecule has 0 radical (unpaired) electrons. The van der Waals surface area contributed by atoms with Crippen LogP contribution in [0.15, 0.2) is 27.8 Å². The molecule has 1 aromatic heterocycles. The second-order valence-electron chi connectivity index (χ2n) is 7.44. The quantitative estimate of drug-likeness (QED) is 0.549. The van der Waals surface area contributed by atoms with Gasteiger partial charge >= 0.3 is 0 Å². The molecule has 1 aromatic rings. The first-order valence-corrected chi connectivity index (χ1v) is 10.2. The second kappa shape index (κ2) is 10.6. The van der Waals surface area contributed by atoms with Gasteiger partial charge in [0, 0.05) is 51.2 Å². The number of nitrogens with one attached hydrogen (secondary N) is 2. The number of piperidine rings is 1. The van der Waals surface area contributed by atoms with Crippen molar-refractivity contribution in [2.75, 3.05) is 45.9 Å². The Bertz CT molecular complexity index is 518. The smallest absolute Gasteiger partial charge is 0.191 e. The Morgan fingerprint density at radius 1 is 1.31 bits per heavy atom. The number of furan rings is 1. The van der Waals surface area contributed by atoms with E-state index in [0.29, 0.717) is 12.0 Å². The van der Waals surface area contributed by atoms with Gasteiger partial charge in [-0.25, -0.2) is 0 Å². The highest BCUT2D eigenvalue weighted by Gasteiger charge is 2.20. The summed E-state index contributed by atoms with van der Waals surface area (Å²) in [6.07, 6.45) is 7.33. The van der Waals surface area contributed by atoms with Crippen molar-refractivity contribution in [3.8, 4) is 0 Å². The average Bonchev–Trinajstić information content (AvgIpc) is 3.35. The highest BCUT2D eigenvalue weighted by molar-refractivity contribution is 5.80. The van der Waals surface area contributed by atoms with Crippen molar-refractivity contribution in [1.29, 1.82) is 0 Å². The average molecular weight is 363 g/mol. The van der Waals surface area contributed by atoms with Gasteiger partial charge in [-0.15, -0.1) is 0 Å². The Hall–Kier alpha value is -1.53. The molecule has 1 unspecified atom stereocenters. The highest BCUT2D eigenvalue weighted by Crippen LogP contribution is 2.13. The molecule has 6 nitrogen and oxygen atoms in total. The fourth-order valence-corrected chi connectivity index (χ4v) is 3.67. The molecule has 2 aliphatic rings. The predicted molar refractivity (Wildman–Crippen MR) is 105 cm³/mol. The maximum atomic E-state index is 5.48. The lowest BCUT2D eigenvalue weighted by Gasteiger charge is -2.33. The summed E-state index contributed by atoms with van der Waals surface area (Å²) in [5.74, 6) is 2.51. The Kier molecular flexibility index (Phi) is 7.83. The van der Waals surface area contributed by atoms with Crippen molar-refractivity contribution < 1.29 is 9.15 Å². The van der Waals surface area contributed by atoms with Gasteiger partial charge in [0.1, 0.15) is 5.76 Å². The number of hydrogen-bond acceptors (Lipinski definition) is 4. The van der Waals surface area contributed by atoms with Crippen molar-refractivity contribution in [3.63, 3.8) is 0 Å². The molecule has 1 atom stereocenters. The lowest BCUT2D eigenvalue weighted by atomic mass is 10.1. The molecule has 2 aliphatic heterocycles. The molecule has 6 heteroatoms. The van der Waals surface area contributed by atoms with Crippen molar-refractivity contribution in [2.24, 2.45) is 10.9 Å². The van der Waals surface area contributed by atoms with Gasteiger partial charge in [-0.3, -0.25) is 4.99 Å². The van der Waals surface area contributed by atoms with E-state index in [2.05, 4.69) is 22.5 Å². The molecule has 26 heavy (non-hydrogen) atoms. The summed E-state index contributed by atoms with van der Waals surface area (Å²) in [5.41, 5.74) is 0. The lowest BCUT2D eigenvalue weighted by Crippen LogP contribution is -2.49. The number of aliphatic imine (C=N–C) groups is 1. The minimum Gasteiger partial charge on any atom is -0.469 e. The first kappa shape index (κ1) is 19.2.